The van der Waals surface area contributed by atoms with Crippen LogP contribution in [-0.4, -0.2) is 20.6 Å². The maximum absolute atomic E-state index is 5.61. The van der Waals surface area contributed by atoms with Crippen molar-refractivity contribution in [2.75, 3.05) is 5.73 Å². The summed E-state index contributed by atoms with van der Waals surface area (Å²) in [6, 6.07) is 7.82. The maximum Gasteiger partial charge on any atom is 0.176 e. The van der Waals surface area contributed by atoms with Gasteiger partial charge >= 0.3 is 0 Å². The molecule has 0 radical (unpaired) electrons. The van der Waals surface area contributed by atoms with Crippen molar-refractivity contribution in [3.05, 3.63) is 29.8 Å². The third kappa shape index (κ3) is 1.52. The lowest BCUT2D eigenvalue weighted by Gasteiger charge is -2.00. The number of hydrogen-bond acceptors (Lipinski definition) is 5. The predicted molar refractivity (Wildman–Crippen MR) is 52.2 cm³/mol. The van der Waals surface area contributed by atoms with E-state index < -0.39 is 0 Å². The molecular weight excluding hydrogens is 178 g/mol. The first-order valence-corrected chi connectivity index (χ1v) is 4.16. The highest BCUT2D eigenvalue weighted by Crippen LogP contribution is 2.19. The molecule has 5 heteroatoms. The van der Waals surface area contributed by atoms with Gasteiger partial charge in [-0.2, -0.15) is 0 Å². The molecule has 5 nitrogen and oxygen atoms in total. The minimum absolute atomic E-state index is 0.295. The van der Waals surface area contributed by atoms with Crippen LogP contribution in [0.5, 0.6) is 0 Å². The quantitative estimate of drug-likeness (QED) is 0.715. The molecule has 0 bridgehead atoms. The number of nitrogens with two attached hydrogens (primary N) is 1. The molecule has 0 fully saturated rings. The lowest BCUT2D eigenvalue weighted by molar-refractivity contribution is 0.774. The van der Waals surface area contributed by atoms with Gasteiger partial charge in [0.15, 0.2) is 5.82 Å². The summed E-state index contributed by atoms with van der Waals surface area (Å²) in [6.07, 6.45) is 0. The highest BCUT2D eigenvalue weighted by molar-refractivity contribution is 5.68. The fourth-order valence-corrected chi connectivity index (χ4v) is 1.15. The first-order chi connectivity index (χ1) is 6.77. The zero-order valence-electron chi connectivity index (χ0n) is 7.68. The Labute approximate surface area is 81.0 Å². The number of anilines is 1. The lowest BCUT2D eigenvalue weighted by atomic mass is 10.1. The summed E-state index contributed by atoms with van der Waals surface area (Å²) < 4.78 is 0. The Kier molecular flexibility index (Phi) is 2.06. The van der Waals surface area contributed by atoms with E-state index in [4.69, 9.17) is 5.73 Å². The highest BCUT2D eigenvalue weighted by Gasteiger charge is 2.05. The fourth-order valence-electron chi connectivity index (χ4n) is 1.15. The van der Waals surface area contributed by atoms with Crippen molar-refractivity contribution in [3.63, 3.8) is 0 Å². The minimum atomic E-state index is 0.295. The Balaban J connectivity index is 2.50. The van der Waals surface area contributed by atoms with E-state index in [1.54, 1.807) is 0 Å². The molecule has 0 aliphatic rings. The Morgan fingerprint density at radius 3 is 2.29 bits per heavy atom. The molecule has 0 saturated carbocycles. The smallest absolute Gasteiger partial charge is 0.176 e. The summed E-state index contributed by atoms with van der Waals surface area (Å²) in [5.41, 5.74) is 8.27. The number of hydrogen-bond donors (Lipinski definition) is 1. The zero-order valence-corrected chi connectivity index (χ0v) is 7.68. The van der Waals surface area contributed by atoms with Crippen molar-refractivity contribution < 1.29 is 0 Å². The molecule has 0 unspecified atom stereocenters. The third-order valence-electron chi connectivity index (χ3n) is 1.90. The number of benzene rings is 1. The highest BCUT2D eigenvalue weighted by atomic mass is 15.4. The molecule has 0 spiro atoms. The van der Waals surface area contributed by atoms with Gasteiger partial charge in [-0.1, -0.05) is 29.8 Å². The Morgan fingerprint density at radius 1 is 1.00 bits per heavy atom. The summed E-state index contributed by atoms with van der Waals surface area (Å²) in [6.45, 7) is 2.02. The van der Waals surface area contributed by atoms with Gasteiger partial charge in [0, 0.05) is 5.56 Å². The van der Waals surface area contributed by atoms with Crippen LogP contribution >= 0.6 is 0 Å². The topological polar surface area (TPSA) is 77.6 Å². The molecule has 2 N–H and O–H groups in total. The van der Waals surface area contributed by atoms with Crippen molar-refractivity contribution >= 4 is 5.82 Å². The monoisotopic (exact) mass is 187 g/mol. The van der Waals surface area contributed by atoms with E-state index in [9.17, 15) is 0 Å². The van der Waals surface area contributed by atoms with Gasteiger partial charge in [0.05, 0.1) is 0 Å². The number of aromatic nitrogens is 4. The molecule has 1 aromatic carbocycles. The molecule has 70 valence electrons. The second-order valence-electron chi connectivity index (χ2n) is 2.98. The number of rotatable bonds is 1. The van der Waals surface area contributed by atoms with E-state index in [1.807, 2.05) is 31.2 Å². The van der Waals surface area contributed by atoms with Crippen LogP contribution in [0.15, 0.2) is 24.3 Å². The van der Waals surface area contributed by atoms with Crippen molar-refractivity contribution in [2.24, 2.45) is 0 Å². The van der Waals surface area contributed by atoms with Crippen LogP contribution in [0.4, 0.5) is 5.82 Å². The van der Waals surface area contributed by atoms with E-state index in [-0.39, 0.29) is 0 Å². The van der Waals surface area contributed by atoms with Gasteiger partial charge in [0.25, 0.3) is 0 Å². The summed E-state index contributed by atoms with van der Waals surface area (Å²) in [5.74, 6) is 0.295. The largest absolute Gasteiger partial charge is 0.380 e. The van der Waals surface area contributed by atoms with Crippen molar-refractivity contribution in [1.29, 1.82) is 0 Å². The molecule has 0 saturated heterocycles. The summed E-state index contributed by atoms with van der Waals surface area (Å²) in [4.78, 5) is 0. The average Bonchev–Trinajstić information content (AvgIpc) is 2.20. The predicted octanol–water partition coefficient (Wildman–Crippen LogP) is 0.824. The van der Waals surface area contributed by atoms with Crippen LogP contribution in [0.2, 0.25) is 0 Å². The maximum atomic E-state index is 5.61. The van der Waals surface area contributed by atoms with E-state index in [0.717, 1.165) is 5.56 Å². The van der Waals surface area contributed by atoms with Crippen LogP contribution < -0.4 is 5.73 Å². The normalized spacial score (nSPS) is 10.1. The number of aryl methyl sites for hydroxylation is 1. The van der Waals surface area contributed by atoms with E-state index in [0.29, 0.717) is 11.5 Å². The summed E-state index contributed by atoms with van der Waals surface area (Å²) in [7, 11) is 0. The van der Waals surface area contributed by atoms with Crippen LogP contribution in [-0.2, 0) is 0 Å². The molecule has 2 aromatic rings. The third-order valence-corrected chi connectivity index (χ3v) is 1.90. The van der Waals surface area contributed by atoms with Gasteiger partial charge < -0.3 is 5.73 Å². The minimum Gasteiger partial charge on any atom is -0.380 e. The molecule has 0 atom stereocenters. The molecule has 1 heterocycles. The SMILES string of the molecule is Cc1ccc(-c2nnnnc2N)cc1. The molecule has 2 rings (SSSR count). The second kappa shape index (κ2) is 3.37. The number of nitrogen functional groups attached to an aromatic ring is 1. The van der Waals surface area contributed by atoms with Gasteiger partial charge in [-0.25, -0.2) is 0 Å². The van der Waals surface area contributed by atoms with Crippen LogP contribution in [0.25, 0.3) is 11.3 Å². The Hall–Kier alpha value is -2.04. The Bertz CT molecular complexity index is 437. The van der Waals surface area contributed by atoms with Gasteiger partial charge in [0.1, 0.15) is 5.69 Å². The molecule has 0 aliphatic heterocycles. The molecule has 0 amide bonds. The van der Waals surface area contributed by atoms with Crippen LogP contribution in [0.3, 0.4) is 0 Å². The summed E-state index contributed by atoms with van der Waals surface area (Å²) >= 11 is 0. The Morgan fingerprint density at radius 2 is 1.64 bits per heavy atom. The van der Waals surface area contributed by atoms with Gasteiger partial charge in [0.2, 0.25) is 0 Å². The molecule has 1 aromatic heterocycles. The van der Waals surface area contributed by atoms with Crippen LogP contribution in [0.1, 0.15) is 5.56 Å². The van der Waals surface area contributed by atoms with Gasteiger partial charge in [-0.3, -0.25) is 0 Å². The van der Waals surface area contributed by atoms with Crippen molar-refractivity contribution in [1.82, 2.24) is 20.6 Å². The van der Waals surface area contributed by atoms with Crippen molar-refractivity contribution in [3.8, 4) is 11.3 Å². The van der Waals surface area contributed by atoms with Crippen molar-refractivity contribution in [2.45, 2.75) is 6.92 Å². The van der Waals surface area contributed by atoms with E-state index in [1.165, 1.54) is 5.56 Å². The lowest BCUT2D eigenvalue weighted by Crippen LogP contribution is -2.01. The molecule has 14 heavy (non-hydrogen) atoms. The first-order valence-electron chi connectivity index (χ1n) is 4.16. The first kappa shape index (κ1) is 8.55. The standard InChI is InChI=1S/C9H9N5/c1-6-2-4-7(5-3-6)8-9(10)12-14-13-11-8/h2-5H,1H3,(H2,10,12,13). The summed E-state index contributed by atoms with van der Waals surface area (Å²) in [5, 5.41) is 14.3. The number of nitrogens with zero attached hydrogens (tertiary/aromatic N) is 4. The fraction of sp³-hybridized carbons (Fsp3) is 0.111. The van der Waals surface area contributed by atoms with Gasteiger partial charge in [-0.15, -0.1) is 10.2 Å². The van der Waals surface area contributed by atoms with E-state index >= 15 is 0 Å². The van der Waals surface area contributed by atoms with Gasteiger partial charge in [-0.05, 0) is 17.4 Å². The molecule has 0 aliphatic carbocycles. The second-order valence-corrected chi connectivity index (χ2v) is 2.98. The average molecular weight is 187 g/mol. The van der Waals surface area contributed by atoms with Crippen LogP contribution in [0, 0.1) is 6.92 Å². The van der Waals surface area contributed by atoms with E-state index in [2.05, 4.69) is 20.6 Å². The molecular formula is C9H9N5. The zero-order chi connectivity index (χ0) is 9.97.